The first kappa shape index (κ1) is 14.2. The molecule has 2 unspecified atom stereocenters. The lowest BCUT2D eigenvalue weighted by Crippen LogP contribution is -2.22. The van der Waals surface area contributed by atoms with E-state index in [-0.39, 0.29) is 0 Å². The van der Waals surface area contributed by atoms with E-state index < -0.39 is 0 Å². The first-order chi connectivity index (χ1) is 8.99. The highest BCUT2D eigenvalue weighted by molar-refractivity contribution is 5.65. The number of hydrogen-bond acceptors (Lipinski definition) is 3. The second kappa shape index (κ2) is 5.85. The quantitative estimate of drug-likeness (QED) is 0.876. The van der Waals surface area contributed by atoms with Crippen molar-refractivity contribution in [2.45, 2.75) is 52.4 Å². The molecule has 0 spiro atoms. The van der Waals surface area contributed by atoms with Crippen LogP contribution in [0.4, 0.5) is 11.5 Å². The summed E-state index contributed by atoms with van der Waals surface area (Å²) in [6.45, 7) is 7.64. The molecular weight excluding hydrogens is 236 g/mol. The van der Waals surface area contributed by atoms with Crippen molar-refractivity contribution in [1.82, 2.24) is 9.78 Å². The van der Waals surface area contributed by atoms with Gasteiger partial charge in [-0.3, -0.25) is 4.68 Å². The van der Waals surface area contributed by atoms with Crippen LogP contribution in [0.3, 0.4) is 0 Å². The van der Waals surface area contributed by atoms with Crippen LogP contribution < -0.4 is 11.1 Å². The molecule has 108 valence electrons. The van der Waals surface area contributed by atoms with Crippen molar-refractivity contribution in [3.8, 4) is 0 Å². The SMILES string of the molecule is CC1CCCC(CNc2c(N)c(C(C)C)nn2C)C1. The van der Waals surface area contributed by atoms with Gasteiger partial charge in [0.25, 0.3) is 0 Å². The number of nitrogens with one attached hydrogen (secondary N) is 1. The Balaban J connectivity index is 1.99. The summed E-state index contributed by atoms with van der Waals surface area (Å²) in [5.41, 5.74) is 8.02. The van der Waals surface area contributed by atoms with Crippen molar-refractivity contribution < 1.29 is 0 Å². The van der Waals surface area contributed by atoms with Crippen LogP contribution in [0.5, 0.6) is 0 Å². The van der Waals surface area contributed by atoms with Crippen molar-refractivity contribution >= 4 is 11.5 Å². The number of aromatic nitrogens is 2. The summed E-state index contributed by atoms with van der Waals surface area (Å²) in [5, 5.41) is 8.04. The summed E-state index contributed by atoms with van der Waals surface area (Å²) < 4.78 is 1.89. The van der Waals surface area contributed by atoms with Gasteiger partial charge in [-0.25, -0.2) is 0 Å². The van der Waals surface area contributed by atoms with Crippen LogP contribution in [-0.2, 0) is 7.05 Å². The number of aryl methyl sites for hydroxylation is 1. The van der Waals surface area contributed by atoms with Crippen LogP contribution >= 0.6 is 0 Å². The maximum absolute atomic E-state index is 6.20. The molecule has 4 heteroatoms. The number of nitrogens with two attached hydrogens (primary N) is 1. The van der Waals surface area contributed by atoms with Crippen LogP contribution in [0.2, 0.25) is 0 Å². The largest absolute Gasteiger partial charge is 0.394 e. The molecule has 1 heterocycles. The van der Waals surface area contributed by atoms with Gasteiger partial charge in [0, 0.05) is 13.6 Å². The number of nitrogens with zero attached hydrogens (tertiary/aromatic N) is 2. The Morgan fingerprint density at radius 2 is 2.16 bits per heavy atom. The highest BCUT2D eigenvalue weighted by atomic mass is 15.3. The molecule has 0 radical (unpaired) electrons. The molecule has 4 nitrogen and oxygen atoms in total. The van der Waals surface area contributed by atoms with Gasteiger partial charge in [0.15, 0.2) is 0 Å². The molecule has 1 aliphatic rings. The van der Waals surface area contributed by atoms with Gasteiger partial charge in [0.2, 0.25) is 0 Å². The van der Waals surface area contributed by atoms with Crippen LogP contribution in [0.25, 0.3) is 0 Å². The first-order valence-electron chi connectivity index (χ1n) is 7.55. The minimum atomic E-state index is 0.372. The molecule has 2 rings (SSSR count). The fourth-order valence-electron chi connectivity index (χ4n) is 3.18. The average Bonchev–Trinajstić information content (AvgIpc) is 2.63. The van der Waals surface area contributed by atoms with E-state index in [1.807, 2.05) is 11.7 Å². The Bertz CT molecular complexity index is 422. The predicted molar refractivity (Wildman–Crippen MR) is 81.3 cm³/mol. The second-order valence-electron chi connectivity index (χ2n) is 6.44. The highest BCUT2D eigenvalue weighted by Gasteiger charge is 2.20. The number of hydrogen-bond donors (Lipinski definition) is 2. The van der Waals surface area contributed by atoms with Gasteiger partial charge in [0.05, 0.1) is 11.4 Å². The monoisotopic (exact) mass is 264 g/mol. The molecule has 0 bridgehead atoms. The molecule has 19 heavy (non-hydrogen) atoms. The molecule has 0 aromatic carbocycles. The maximum atomic E-state index is 6.20. The van der Waals surface area contributed by atoms with Crippen molar-refractivity contribution in [2.24, 2.45) is 18.9 Å². The summed E-state index contributed by atoms with van der Waals surface area (Å²) in [4.78, 5) is 0. The van der Waals surface area contributed by atoms with E-state index in [9.17, 15) is 0 Å². The van der Waals surface area contributed by atoms with Crippen molar-refractivity contribution in [2.75, 3.05) is 17.6 Å². The topological polar surface area (TPSA) is 55.9 Å². The zero-order valence-electron chi connectivity index (χ0n) is 12.7. The highest BCUT2D eigenvalue weighted by Crippen LogP contribution is 2.31. The molecule has 0 aliphatic heterocycles. The molecule has 0 saturated heterocycles. The second-order valence-corrected chi connectivity index (χ2v) is 6.44. The number of rotatable bonds is 4. The Morgan fingerprint density at radius 3 is 2.74 bits per heavy atom. The molecule has 1 fully saturated rings. The van der Waals surface area contributed by atoms with E-state index in [1.165, 1.54) is 25.7 Å². The van der Waals surface area contributed by atoms with E-state index >= 15 is 0 Å². The summed E-state index contributed by atoms with van der Waals surface area (Å²) >= 11 is 0. The Labute approximate surface area is 116 Å². The molecular formula is C15H28N4. The molecule has 0 amide bonds. The minimum Gasteiger partial charge on any atom is -0.394 e. The zero-order chi connectivity index (χ0) is 14.0. The van der Waals surface area contributed by atoms with Crippen LogP contribution in [0.1, 0.15) is 58.1 Å². The third-order valence-corrected chi connectivity index (χ3v) is 4.26. The fourth-order valence-corrected chi connectivity index (χ4v) is 3.18. The Hall–Kier alpha value is -1.19. The van der Waals surface area contributed by atoms with E-state index in [0.717, 1.165) is 35.6 Å². The summed E-state index contributed by atoms with van der Waals surface area (Å²) in [5.74, 6) is 3.01. The number of nitrogen functional groups attached to an aromatic ring is 1. The number of anilines is 2. The lowest BCUT2D eigenvalue weighted by atomic mass is 9.82. The Kier molecular flexibility index (Phi) is 4.38. The van der Waals surface area contributed by atoms with Crippen LogP contribution in [0, 0.1) is 11.8 Å². The smallest absolute Gasteiger partial charge is 0.147 e. The maximum Gasteiger partial charge on any atom is 0.147 e. The summed E-state index contributed by atoms with van der Waals surface area (Å²) in [6.07, 6.45) is 5.43. The fraction of sp³-hybridized carbons (Fsp3) is 0.800. The van der Waals surface area contributed by atoms with E-state index in [0.29, 0.717) is 5.92 Å². The van der Waals surface area contributed by atoms with Gasteiger partial charge in [-0.15, -0.1) is 0 Å². The molecule has 1 aromatic rings. The normalized spacial score (nSPS) is 23.8. The first-order valence-corrected chi connectivity index (χ1v) is 7.55. The molecule has 2 atom stereocenters. The molecule has 3 N–H and O–H groups in total. The van der Waals surface area contributed by atoms with Gasteiger partial charge in [-0.05, 0) is 30.6 Å². The average molecular weight is 264 g/mol. The van der Waals surface area contributed by atoms with Crippen LogP contribution in [0.15, 0.2) is 0 Å². The van der Waals surface area contributed by atoms with Gasteiger partial charge in [-0.2, -0.15) is 5.10 Å². The molecule has 1 saturated carbocycles. The lowest BCUT2D eigenvalue weighted by molar-refractivity contribution is 0.293. The van der Waals surface area contributed by atoms with Gasteiger partial charge in [0.1, 0.15) is 5.82 Å². The van der Waals surface area contributed by atoms with E-state index in [2.05, 4.69) is 31.2 Å². The van der Waals surface area contributed by atoms with Gasteiger partial charge in [-0.1, -0.05) is 33.6 Å². The molecule has 1 aromatic heterocycles. The van der Waals surface area contributed by atoms with Crippen molar-refractivity contribution in [3.63, 3.8) is 0 Å². The lowest BCUT2D eigenvalue weighted by Gasteiger charge is -2.27. The van der Waals surface area contributed by atoms with E-state index in [4.69, 9.17) is 5.73 Å². The standard InChI is InChI=1S/C15H28N4/c1-10(2)14-13(16)15(19(4)18-14)17-9-12-7-5-6-11(3)8-12/h10-12,17H,5-9,16H2,1-4H3. The van der Waals surface area contributed by atoms with E-state index in [1.54, 1.807) is 0 Å². The van der Waals surface area contributed by atoms with Crippen LogP contribution in [-0.4, -0.2) is 16.3 Å². The Morgan fingerprint density at radius 1 is 1.42 bits per heavy atom. The van der Waals surface area contributed by atoms with Gasteiger partial charge >= 0.3 is 0 Å². The zero-order valence-corrected chi connectivity index (χ0v) is 12.7. The summed E-state index contributed by atoms with van der Waals surface area (Å²) in [6, 6.07) is 0. The summed E-state index contributed by atoms with van der Waals surface area (Å²) in [7, 11) is 1.97. The van der Waals surface area contributed by atoms with Crippen molar-refractivity contribution in [3.05, 3.63) is 5.69 Å². The minimum absolute atomic E-state index is 0.372. The third kappa shape index (κ3) is 3.23. The predicted octanol–water partition coefficient (Wildman–Crippen LogP) is 3.36. The van der Waals surface area contributed by atoms with Gasteiger partial charge < -0.3 is 11.1 Å². The molecule has 1 aliphatic carbocycles. The van der Waals surface area contributed by atoms with Crippen molar-refractivity contribution in [1.29, 1.82) is 0 Å². The third-order valence-electron chi connectivity index (χ3n) is 4.26.